The van der Waals surface area contributed by atoms with Crippen LogP contribution in [0.4, 0.5) is 24.5 Å². The van der Waals surface area contributed by atoms with Crippen LogP contribution in [0.15, 0.2) is 88.0 Å². The highest BCUT2D eigenvalue weighted by Crippen LogP contribution is 2.30. The van der Waals surface area contributed by atoms with Gasteiger partial charge in [0.25, 0.3) is 0 Å². The van der Waals surface area contributed by atoms with Crippen LogP contribution in [-0.4, -0.2) is 48.3 Å². The molecule has 0 bridgehead atoms. The number of thioether (sulfide) groups is 1. The van der Waals surface area contributed by atoms with E-state index >= 15 is 0 Å². The molecule has 5 rings (SSSR count). The van der Waals surface area contributed by atoms with E-state index in [4.69, 9.17) is 4.74 Å². The highest BCUT2D eigenvalue weighted by Gasteiger charge is 2.33. The number of amidine groups is 1. The Morgan fingerprint density at radius 3 is 2.57 bits per heavy atom. The second-order valence-electron chi connectivity index (χ2n) is 8.76. The van der Waals surface area contributed by atoms with Gasteiger partial charge in [-0.05, 0) is 54.4 Å². The van der Waals surface area contributed by atoms with Gasteiger partial charge in [-0.1, -0.05) is 48.2 Å². The van der Waals surface area contributed by atoms with Crippen LogP contribution < -0.4 is 20.1 Å². The molecule has 0 aromatic heterocycles. The second-order valence-corrected chi connectivity index (χ2v) is 9.70. The van der Waals surface area contributed by atoms with Gasteiger partial charge in [-0.3, -0.25) is 14.7 Å². The lowest BCUT2D eigenvalue weighted by molar-refractivity contribution is -0.274. The summed E-state index contributed by atoms with van der Waals surface area (Å²) in [5.74, 6) is -0.899. The first kappa shape index (κ1) is 28.8. The summed E-state index contributed by atoms with van der Waals surface area (Å²) in [6.45, 7) is 1.92. The molecule has 2 heterocycles. The molecule has 1 fully saturated rings. The summed E-state index contributed by atoms with van der Waals surface area (Å²) < 4.78 is 46.2. The number of esters is 1. The van der Waals surface area contributed by atoms with E-state index in [0.29, 0.717) is 16.5 Å². The third kappa shape index (κ3) is 6.78. The lowest BCUT2D eigenvalue weighted by Crippen LogP contribution is -2.33. The van der Waals surface area contributed by atoms with Crippen LogP contribution in [0.2, 0.25) is 0 Å². The number of hydrogen-bond acceptors (Lipinski definition) is 10. The molecule has 2 aliphatic heterocycles. The summed E-state index contributed by atoms with van der Waals surface area (Å²) in [5, 5.41) is 10.3. The van der Waals surface area contributed by atoms with E-state index < -0.39 is 18.5 Å². The van der Waals surface area contributed by atoms with Gasteiger partial charge in [-0.25, -0.2) is 9.79 Å². The van der Waals surface area contributed by atoms with Crippen molar-refractivity contribution in [2.45, 2.75) is 19.5 Å². The number of aliphatic imine (C=N–C) groups is 1. The van der Waals surface area contributed by atoms with Gasteiger partial charge in [0.05, 0.1) is 35.5 Å². The predicted octanol–water partition coefficient (Wildman–Crippen LogP) is 5.28. The lowest BCUT2D eigenvalue weighted by atomic mass is 10.1. The summed E-state index contributed by atoms with van der Waals surface area (Å²) >= 11 is 1.22. The number of benzene rings is 3. The Balaban J connectivity index is 1.23. The monoisotopic (exact) mass is 596 g/mol. The maximum atomic E-state index is 12.6. The van der Waals surface area contributed by atoms with Crippen LogP contribution in [0.1, 0.15) is 34.6 Å². The number of para-hydroxylation sites is 1. The Kier molecular flexibility index (Phi) is 8.54. The zero-order valence-electron chi connectivity index (χ0n) is 22.0. The maximum Gasteiger partial charge on any atom is 0.573 e. The van der Waals surface area contributed by atoms with Crippen LogP contribution >= 0.6 is 11.8 Å². The van der Waals surface area contributed by atoms with E-state index in [-0.39, 0.29) is 29.6 Å². The van der Waals surface area contributed by atoms with Gasteiger partial charge in [0.1, 0.15) is 18.3 Å². The summed E-state index contributed by atoms with van der Waals surface area (Å²) in [6, 6.07) is 19.4. The maximum absolute atomic E-state index is 12.6. The minimum atomic E-state index is -4.75. The summed E-state index contributed by atoms with van der Waals surface area (Å²) in [5.41, 5.74) is 5.97. The van der Waals surface area contributed by atoms with Crippen molar-refractivity contribution in [2.75, 3.05) is 22.3 Å². The number of rotatable bonds is 8. The molecule has 3 aromatic carbocycles. The van der Waals surface area contributed by atoms with Crippen LogP contribution in [-0.2, 0) is 9.53 Å². The summed E-state index contributed by atoms with van der Waals surface area (Å²) in [4.78, 5) is 30.8. The Morgan fingerprint density at radius 1 is 1.12 bits per heavy atom. The van der Waals surface area contributed by atoms with Crippen molar-refractivity contribution in [3.63, 3.8) is 0 Å². The van der Waals surface area contributed by atoms with Gasteiger partial charge < -0.3 is 9.47 Å². The van der Waals surface area contributed by atoms with Crippen molar-refractivity contribution < 1.29 is 32.2 Å². The van der Waals surface area contributed by atoms with Crippen molar-refractivity contribution >= 4 is 52.7 Å². The number of carbonyl (C=O) groups excluding carboxylic acids is 2. The number of nitrogens with one attached hydrogen (secondary N) is 1. The molecule has 2 aliphatic rings. The van der Waals surface area contributed by atoms with E-state index in [9.17, 15) is 22.8 Å². The fourth-order valence-electron chi connectivity index (χ4n) is 4.07. The number of halogens is 3. The molecule has 10 nitrogen and oxygen atoms in total. The first-order valence-electron chi connectivity index (χ1n) is 12.6. The molecule has 0 radical (unpaired) electrons. The molecular formula is C28H23F3N6O4S. The molecule has 3 aromatic rings. The molecule has 1 unspecified atom stereocenters. The Labute approximate surface area is 242 Å². The van der Waals surface area contributed by atoms with Gasteiger partial charge in [-0.15, -0.1) is 18.3 Å². The number of anilines is 2. The van der Waals surface area contributed by atoms with Crippen LogP contribution in [0.3, 0.4) is 0 Å². The number of amides is 1. The van der Waals surface area contributed by atoms with Crippen LogP contribution in [0.5, 0.6) is 5.75 Å². The Morgan fingerprint density at radius 2 is 1.86 bits per heavy atom. The topological polar surface area (TPSA) is 108 Å². The Bertz CT molecular complexity index is 1540. The average molecular weight is 597 g/mol. The zero-order valence-corrected chi connectivity index (χ0v) is 22.8. The predicted molar refractivity (Wildman–Crippen MR) is 154 cm³/mol. The first-order valence-corrected chi connectivity index (χ1v) is 13.6. The molecule has 1 saturated heterocycles. The largest absolute Gasteiger partial charge is 0.573 e. The quantitative estimate of drug-likeness (QED) is 0.214. The van der Waals surface area contributed by atoms with Crippen LogP contribution in [0, 0.1) is 0 Å². The zero-order chi connectivity index (χ0) is 29.7. The van der Waals surface area contributed by atoms with Crippen molar-refractivity contribution in [1.82, 2.24) is 5.43 Å². The van der Waals surface area contributed by atoms with E-state index in [1.165, 1.54) is 47.1 Å². The van der Waals surface area contributed by atoms with E-state index in [0.717, 1.165) is 11.1 Å². The van der Waals surface area contributed by atoms with E-state index in [1.54, 1.807) is 42.5 Å². The van der Waals surface area contributed by atoms with Gasteiger partial charge >= 0.3 is 12.3 Å². The number of ether oxygens (including phenoxy) is 2. The van der Waals surface area contributed by atoms with Gasteiger partial charge in [-0.2, -0.15) is 10.5 Å². The molecule has 0 aliphatic carbocycles. The molecule has 14 heteroatoms. The third-order valence-corrected chi connectivity index (χ3v) is 6.86. The normalized spacial score (nSPS) is 18.0. The standard InChI is InChI=1S/C28H23F3N6O4S/c1-2-40-26(39)22-5-3-4-6-23(22)37-24(38)16-42-27(37)34-33-15-18-7-9-19(10-8-18)25-32-17-36(35-25)20-11-13-21(14-12-20)41-28(29,30)31/h3-15,17,25,35H,2,16H2,1H3/b33-15+,34-27-. The van der Waals surface area contributed by atoms with E-state index in [2.05, 4.69) is 25.4 Å². The molecule has 0 spiro atoms. The Hall–Kier alpha value is -4.69. The van der Waals surface area contributed by atoms with Crippen molar-refractivity contribution in [2.24, 2.45) is 15.2 Å². The summed E-state index contributed by atoms with van der Waals surface area (Å²) in [7, 11) is 0. The third-order valence-electron chi connectivity index (χ3n) is 5.95. The number of alkyl halides is 3. The average Bonchev–Trinajstić information content (AvgIpc) is 3.60. The fraction of sp³-hybridized carbons (Fsp3) is 0.179. The smallest absolute Gasteiger partial charge is 0.462 e. The number of hydrazine groups is 1. The van der Waals surface area contributed by atoms with Crippen molar-refractivity contribution in [3.05, 3.63) is 89.5 Å². The second kappa shape index (κ2) is 12.4. The lowest BCUT2D eigenvalue weighted by Gasteiger charge is -2.18. The van der Waals surface area contributed by atoms with Crippen LogP contribution in [0.25, 0.3) is 0 Å². The molecule has 1 N–H and O–H groups in total. The SMILES string of the molecule is CCOC(=O)c1ccccc1N1C(=O)CS/C1=N\N=C\c1ccc(C2N=CN(c3ccc(OC(F)(F)F)cc3)N2)cc1. The molecular weight excluding hydrogens is 573 g/mol. The minimum Gasteiger partial charge on any atom is -0.462 e. The van der Waals surface area contributed by atoms with Crippen molar-refractivity contribution in [3.8, 4) is 5.75 Å². The molecule has 42 heavy (non-hydrogen) atoms. The first-order chi connectivity index (χ1) is 20.2. The minimum absolute atomic E-state index is 0.164. The number of hydrogen-bond donors (Lipinski definition) is 1. The van der Waals surface area contributed by atoms with Crippen molar-refractivity contribution in [1.29, 1.82) is 0 Å². The number of carbonyl (C=O) groups is 2. The van der Waals surface area contributed by atoms with E-state index in [1.807, 2.05) is 24.3 Å². The van der Waals surface area contributed by atoms with Gasteiger partial charge in [0.15, 0.2) is 5.17 Å². The molecule has 0 saturated carbocycles. The van der Waals surface area contributed by atoms with Gasteiger partial charge in [0, 0.05) is 0 Å². The number of nitrogens with zero attached hydrogens (tertiary/aromatic N) is 5. The summed E-state index contributed by atoms with van der Waals surface area (Å²) in [6.07, 6.45) is -2.08. The molecule has 216 valence electrons. The molecule has 1 amide bonds. The van der Waals surface area contributed by atoms with Gasteiger partial charge in [0.2, 0.25) is 5.91 Å². The highest BCUT2D eigenvalue weighted by atomic mass is 32.2. The highest BCUT2D eigenvalue weighted by molar-refractivity contribution is 8.15. The molecule has 1 atom stereocenters. The fourth-order valence-corrected chi connectivity index (χ4v) is 4.89.